The Morgan fingerprint density at radius 3 is 1.41 bits per heavy atom. The third-order valence-electron chi connectivity index (χ3n) is 10.3. The van der Waals surface area contributed by atoms with Gasteiger partial charge in [0.2, 0.25) is 0 Å². The van der Waals surface area contributed by atoms with Crippen LogP contribution < -0.4 is 0 Å². The van der Waals surface area contributed by atoms with E-state index in [2.05, 4.69) is 38.2 Å². The standard InChI is InChI=1S/C50H87NO7/c1-6-8-10-12-14-16-18-20-22-24-25-27-29-31-33-35-37-39-41-49(53)58-46(44-56-43-42-47(50(54)55)51(3,4)5)45-57-48(52)40-38-36-34-32-30-28-26-23-21-19-17-15-13-11-9-7-2/h10,12,14,16,18,20,22,24-25,27,46-47H,6-9,11,13,15,17,19,21,23,26,28-45H2,1-5H3/p+1/b12-10+,16-14+,20-18+,24-22+,27-25+. The molecule has 0 bridgehead atoms. The molecule has 0 aromatic heterocycles. The van der Waals surface area contributed by atoms with Crippen LogP contribution in [0.15, 0.2) is 60.8 Å². The van der Waals surface area contributed by atoms with E-state index in [1.807, 2.05) is 57.6 Å². The highest BCUT2D eigenvalue weighted by Crippen LogP contribution is 2.15. The smallest absolute Gasteiger partial charge is 0.362 e. The maximum Gasteiger partial charge on any atom is 0.362 e. The predicted octanol–water partition coefficient (Wildman–Crippen LogP) is 13.0. The fraction of sp³-hybridized carbons (Fsp3) is 0.740. The summed E-state index contributed by atoms with van der Waals surface area (Å²) in [6.45, 7) is 4.63. The molecule has 0 aliphatic heterocycles. The third-order valence-corrected chi connectivity index (χ3v) is 10.3. The summed E-state index contributed by atoms with van der Waals surface area (Å²) >= 11 is 0. The Morgan fingerprint density at radius 1 is 0.517 bits per heavy atom. The van der Waals surface area contributed by atoms with Gasteiger partial charge in [0.15, 0.2) is 12.1 Å². The molecule has 0 spiro atoms. The zero-order valence-corrected chi connectivity index (χ0v) is 38.0. The van der Waals surface area contributed by atoms with Gasteiger partial charge in [-0.25, -0.2) is 4.79 Å². The summed E-state index contributed by atoms with van der Waals surface area (Å²) in [4.78, 5) is 37.0. The first-order valence-electron chi connectivity index (χ1n) is 23.4. The number of quaternary nitrogens is 1. The van der Waals surface area contributed by atoms with Gasteiger partial charge in [0.05, 0.1) is 34.4 Å². The highest BCUT2D eigenvalue weighted by Gasteiger charge is 2.31. The van der Waals surface area contributed by atoms with Crippen molar-refractivity contribution in [2.24, 2.45) is 0 Å². The zero-order valence-electron chi connectivity index (χ0n) is 38.0. The van der Waals surface area contributed by atoms with Crippen LogP contribution >= 0.6 is 0 Å². The van der Waals surface area contributed by atoms with Crippen LogP contribution in [0.2, 0.25) is 0 Å². The molecule has 0 amide bonds. The van der Waals surface area contributed by atoms with Crippen LogP contribution in [0.25, 0.3) is 0 Å². The molecule has 58 heavy (non-hydrogen) atoms. The third kappa shape index (κ3) is 38.5. The number of likely N-dealkylation sites (N-methyl/N-ethyl adjacent to an activating group) is 1. The Hall–Kier alpha value is -2.97. The fourth-order valence-corrected chi connectivity index (χ4v) is 6.65. The lowest BCUT2D eigenvalue weighted by Crippen LogP contribution is -2.50. The average Bonchev–Trinajstić information content (AvgIpc) is 3.18. The molecule has 0 aromatic carbocycles. The first kappa shape index (κ1) is 55.0. The molecule has 2 unspecified atom stereocenters. The number of hydrogen-bond acceptors (Lipinski definition) is 6. The van der Waals surface area contributed by atoms with Gasteiger partial charge in [0, 0.05) is 19.3 Å². The van der Waals surface area contributed by atoms with Crippen LogP contribution in [0, 0.1) is 0 Å². The Kier molecular flexibility index (Phi) is 38.7. The van der Waals surface area contributed by atoms with Gasteiger partial charge in [0.1, 0.15) is 6.61 Å². The molecule has 0 heterocycles. The molecule has 2 atom stereocenters. The van der Waals surface area contributed by atoms with Gasteiger partial charge in [0.25, 0.3) is 0 Å². The van der Waals surface area contributed by atoms with Gasteiger partial charge in [-0.2, -0.15) is 0 Å². The monoisotopic (exact) mass is 815 g/mol. The predicted molar refractivity (Wildman–Crippen MR) is 243 cm³/mol. The molecule has 0 aliphatic carbocycles. The van der Waals surface area contributed by atoms with E-state index >= 15 is 0 Å². The topological polar surface area (TPSA) is 99.1 Å². The van der Waals surface area contributed by atoms with E-state index in [0.717, 1.165) is 64.2 Å². The number of rotatable bonds is 41. The fourth-order valence-electron chi connectivity index (χ4n) is 6.65. The van der Waals surface area contributed by atoms with Crippen LogP contribution in [0.1, 0.15) is 187 Å². The van der Waals surface area contributed by atoms with E-state index in [9.17, 15) is 19.5 Å². The van der Waals surface area contributed by atoms with Crippen LogP contribution in [0.3, 0.4) is 0 Å². The lowest BCUT2D eigenvalue weighted by atomic mass is 10.0. The van der Waals surface area contributed by atoms with Gasteiger partial charge < -0.3 is 23.8 Å². The molecule has 334 valence electrons. The Labute approximate surface area is 356 Å². The highest BCUT2D eigenvalue weighted by atomic mass is 16.6. The molecule has 0 aliphatic rings. The number of allylic oxidation sites excluding steroid dienone is 10. The second-order valence-corrected chi connectivity index (χ2v) is 16.8. The number of carbonyl (C=O) groups is 3. The van der Waals surface area contributed by atoms with Crippen molar-refractivity contribution >= 4 is 17.9 Å². The molecular weight excluding hydrogens is 727 g/mol. The molecular formula is C50H88NO7+. The van der Waals surface area contributed by atoms with Crippen LogP contribution in [0.4, 0.5) is 0 Å². The van der Waals surface area contributed by atoms with E-state index in [0.29, 0.717) is 19.3 Å². The number of ether oxygens (including phenoxy) is 3. The second kappa shape index (κ2) is 40.8. The number of carbonyl (C=O) groups excluding carboxylic acids is 2. The number of nitrogens with zero attached hydrogens (tertiary/aromatic N) is 1. The SMILES string of the molecule is CCC/C=C/C=C/C=C/C=C/C=C/CCCCCCCC(=O)OC(COCCC(C(=O)O)[N+](C)(C)C)COC(=O)CCCCCCCCCCCCCCCCCC. The lowest BCUT2D eigenvalue weighted by Gasteiger charge is -2.31. The van der Waals surface area contributed by atoms with Crippen LogP contribution in [-0.4, -0.2) is 80.6 Å². The van der Waals surface area contributed by atoms with E-state index < -0.39 is 18.1 Å². The minimum Gasteiger partial charge on any atom is -0.477 e. The van der Waals surface area contributed by atoms with Crippen molar-refractivity contribution in [2.75, 3.05) is 41.0 Å². The van der Waals surface area contributed by atoms with Crippen molar-refractivity contribution in [3.05, 3.63) is 60.8 Å². The first-order chi connectivity index (χ1) is 28.1. The molecule has 8 nitrogen and oxygen atoms in total. The molecule has 8 heteroatoms. The zero-order chi connectivity index (χ0) is 42.8. The van der Waals surface area contributed by atoms with Crippen molar-refractivity contribution in [1.82, 2.24) is 0 Å². The summed E-state index contributed by atoms with van der Waals surface area (Å²) in [6, 6.07) is -0.621. The molecule has 0 aromatic rings. The normalized spacial score (nSPS) is 13.5. The summed E-state index contributed by atoms with van der Waals surface area (Å²) in [5.74, 6) is -1.50. The van der Waals surface area contributed by atoms with Gasteiger partial charge in [-0.3, -0.25) is 9.59 Å². The van der Waals surface area contributed by atoms with E-state index in [1.165, 1.54) is 89.9 Å². The Bertz CT molecular complexity index is 1130. The number of carboxylic acids is 1. The second-order valence-electron chi connectivity index (χ2n) is 16.8. The number of aliphatic carboxylic acids is 1. The molecule has 0 rings (SSSR count). The van der Waals surface area contributed by atoms with Crippen molar-refractivity contribution < 1.29 is 38.2 Å². The molecule has 0 radical (unpaired) electrons. The van der Waals surface area contributed by atoms with Gasteiger partial charge >= 0.3 is 17.9 Å². The largest absolute Gasteiger partial charge is 0.477 e. The quantitative estimate of drug-likeness (QED) is 0.0284. The van der Waals surface area contributed by atoms with Crippen LogP contribution in [-0.2, 0) is 28.6 Å². The minimum atomic E-state index is -0.880. The molecule has 0 saturated heterocycles. The first-order valence-corrected chi connectivity index (χ1v) is 23.4. The van der Waals surface area contributed by atoms with E-state index in [1.54, 1.807) is 0 Å². The number of carboxylic acid groups (broad SMARTS) is 1. The number of unbranched alkanes of at least 4 members (excludes halogenated alkanes) is 21. The summed E-state index contributed by atoms with van der Waals surface area (Å²) in [5, 5.41) is 9.63. The van der Waals surface area contributed by atoms with E-state index in [4.69, 9.17) is 14.2 Å². The van der Waals surface area contributed by atoms with Gasteiger partial charge in [-0.05, 0) is 32.1 Å². The summed E-state index contributed by atoms with van der Waals surface area (Å²) in [6.07, 6.45) is 49.7. The van der Waals surface area contributed by atoms with Gasteiger partial charge in [-0.1, -0.05) is 197 Å². The summed E-state index contributed by atoms with van der Waals surface area (Å²) < 4.78 is 17.3. The minimum absolute atomic E-state index is 0.0499. The molecule has 1 N–H and O–H groups in total. The molecule has 0 saturated carbocycles. The summed E-state index contributed by atoms with van der Waals surface area (Å²) in [7, 11) is 5.52. The van der Waals surface area contributed by atoms with Crippen molar-refractivity contribution in [2.45, 2.75) is 199 Å². The average molecular weight is 815 g/mol. The Balaban J connectivity index is 4.37. The van der Waals surface area contributed by atoms with Gasteiger partial charge in [-0.15, -0.1) is 0 Å². The lowest BCUT2D eigenvalue weighted by molar-refractivity contribution is -0.887. The van der Waals surface area contributed by atoms with E-state index in [-0.39, 0.29) is 36.2 Å². The maximum atomic E-state index is 12.7. The van der Waals surface area contributed by atoms with Crippen molar-refractivity contribution in [3.8, 4) is 0 Å². The highest BCUT2D eigenvalue weighted by molar-refractivity contribution is 5.72. The Morgan fingerprint density at radius 2 is 0.948 bits per heavy atom. The maximum absolute atomic E-state index is 12.7. The van der Waals surface area contributed by atoms with Crippen molar-refractivity contribution in [3.63, 3.8) is 0 Å². The molecule has 0 fully saturated rings. The van der Waals surface area contributed by atoms with Crippen LogP contribution in [0.5, 0.6) is 0 Å². The number of hydrogen-bond donors (Lipinski definition) is 1. The van der Waals surface area contributed by atoms with Crippen molar-refractivity contribution in [1.29, 1.82) is 0 Å². The summed E-state index contributed by atoms with van der Waals surface area (Å²) in [5.41, 5.74) is 0. The number of esters is 2.